The Bertz CT molecular complexity index is 303. The maximum Gasteiger partial charge on any atom is 0.310 e. The first kappa shape index (κ1) is 12.9. The number of carbonyl (C=O) groups is 1. The number of hydrogen-bond acceptors (Lipinski definition) is 2. The average Bonchev–Trinajstić information content (AvgIpc) is 2.62. The van der Waals surface area contributed by atoms with Crippen molar-refractivity contribution in [1.82, 2.24) is 4.90 Å². The molecule has 2 atom stereocenters. The van der Waals surface area contributed by atoms with E-state index in [1.165, 1.54) is 12.8 Å². The highest BCUT2D eigenvalue weighted by Crippen LogP contribution is 2.47. The molecular formula is C14H25NO2. The molecule has 1 heterocycles. The second-order valence-electron chi connectivity index (χ2n) is 6.24. The fraction of sp³-hybridized carbons (Fsp3) is 0.929. The van der Waals surface area contributed by atoms with Gasteiger partial charge in [0, 0.05) is 19.1 Å². The Morgan fingerprint density at radius 2 is 1.94 bits per heavy atom. The first-order chi connectivity index (χ1) is 7.97. The van der Waals surface area contributed by atoms with Crippen molar-refractivity contribution in [2.24, 2.45) is 10.8 Å². The molecule has 2 aliphatic rings. The van der Waals surface area contributed by atoms with E-state index in [2.05, 4.69) is 18.7 Å². The molecule has 2 rings (SSSR count). The van der Waals surface area contributed by atoms with Gasteiger partial charge in [-0.05, 0) is 38.0 Å². The third-order valence-electron chi connectivity index (χ3n) is 5.42. The molecule has 1 saturated carbocycles. The van der Waals surface area contributed by atoms with Crippen molar-refractivity contribution in [1.29, 1.82) is 0 Å². The van der Waals surface area contributed by atoms with Gasteiger partial charge in [-0.3, -0.25) is 9.69 Å². The van der Waals surface area contributed by atoms with Gasteiger partial charge in [0.1, 0.15) is 0 Å². The molecule has 1 N–H and O–H groups in total. The predicted octanol–water partition coefficient (Wildman–Crippen LogP) is 2.75. The molecule has 3 nitrogen and oxygen atoms in total. The Morgan fingerprint density at radius 3 is 2.41 bits per heavy atom. The van der Waals surface area contributed by atoms with Crippen LogP contribution in [0.5, 0.6) is 0 Å². The zero-order valence-corrected chi connectivity index (χ0v) is 11.3. The van der Waals surface area contributed by atoms with Crippen LogP contribution in [-0.4, -0.2) is 35.1 Å². The number of carboxylic acids is 1. The Labute approximate surface area is 104 Å². The molecular weight excluding hydrogens is 214 g/mol. The minimum atomic E-state index is -0.606. The van der Waals surface area contributed by atoms with Gasteiger partial charge in [-0.15, -0.1) is 0 Å². The zero-order valence-electron chi connectivity index (χ0n) is 11.3. The minimum Gasteiger partial charge on any atom is -0.481 e. The molecule has 2 unspecified atom stereocenters. The smallest absolute Gasteiger partial charge is 0.310 e. The van der Waals surface area contributed by atoms with E-state index >= 15 is 0 Å². The summed E-state index contributed by atoms with van der Waals surface area (Å²) < 4.78 is 0. The van der Waals surface area contributed by atoms with Gasteiger partial charge in [-0.25, -0.2) is 0 Å². The van der Waals surface area contributed by atoms with Crippen molar-refractivity contribution >= 4 is 5.97 Å². The van der Waals surface area contributed by atoms with E-state index in [0.29, 0.717) is 5.41 Å². The molecule has 0 spiro atoms. The van der Waals surface area contributed by atoms with Gasteiger partial charge < -0.3 is 5.11 Å². The summed E-state index contributed by atoms with van der Waals surface area (Å²) in [6, 6.07) is 0.270. The summed E-state index contributed by atoms with van der Waals surface area (Å²) in [5, 5.41) is 9.43. The van der Waals surface area contributed by atoms with Crippen LogP contribution in [0.1, 0.15) is 52.9 Å². The highest BCUT2D eigenvalue weighted by atomic mass is 16.4. The van der Waals surface area contributed by atoms with Crippen LogP contribution in [-0.2, 0) is 4.79 Å². The van der Waals surface area contributed by atoms with Crippen molar-refractivity contribution in [3.8, 4) is 0 Å². The van der Waals surface area contributed by atoms with Gasteiger partial charge in [0.25, 0.3) is 0 Å². The second kappa shape index (κ2) is 4.27. The molecule has 0 bridgehead atoms. The molecule has 0 aromatic rings. The molecule has 1 aliphatic carbocycles. The van der Waals surface area contributed by atoms with E-state index in [-0.39, 0.29) is 6.04 Å². The molecule has 17 heavy (non-hydrogen) atoms. The average molecular weight is 239 g/mol. The summed E-state index contributed by atoms with van der Waals surface area (Å²) in [6.07, 6.45) is 5.41. The van der Waals surface area contributed by atoms with Crippen LogP contribution in [0, 0.1) is 10.8 Å². The lowest BCUT2D eigenvalue weighted by molar-refractivity contribution is -0.155. The van der Waals surface area contributed by atoms with Crippen molar-refractivity contribution in [2.75, 3.05) is 13.1 Å². The quantitative estimate of drug-likeness (QED) is 0.820. The Kier molecular flexibility index (Phi) is 3.23. The molecule has 3 heteroatoms. The summed E-state index contributed by atoms with van der Waals surface area (Å²) >= 11 is 0. The van der Waals surface area contributed by atoms with E-state index in [1.54, 1.807) is 0 Å². The molecule has 0 aromatic heterocycles. The van der Waals surface area contributed by atoms with Gasteiger partial charge in [0.15, 0.2) is 0 Å². The third kappa shape index (κ3) is 1.88. The van der Waals surface area contributed by atoms with Crippen molar-refractivity contribution in [2.45, 2.75) is 58.9 Å². The highest BCUT2D eigenvalue weighted by Gasteiger charge is 2.53. The number of rotatable bonds is 4. The number of carboxylic acid groups (broad SMARTS) is 1. The van der Waals surface area contributed by atoms with E-state index in [0.717, 1.165) is 32.4 Å². The summed E-state index contributed by atoms with van der Waals surface area (Å²) in [5.41, 5.74) is -0.0321. The Hall–Kier alpha value is -0.570. The first-order valence-electron chi connectivity index (χ1n) is 6.95. The summed E-state index contributed by atoms with van der Waals surface area (Å²) in [4.78, 5) is 13.9. The lowest BCUT2D eigenvalue weighted by Gasteiger charge is -2.54. The van der Waals surface area contributed by atoms with Gasteiger partial charge in [0.05, 0.1) is 5.41 Å². The Morgan fingerprint density at radius 1 is 1.35 bits per heavy atom. The van der Waals surface area contributed by atoms with E-state index in [4.69, 9.17) is 0 Å². The maximum atomic E-state index is 11.5. The highest BCUT2D eigenvalue weighted by molar-refractivity contribution is 5.75. The molecule has 0 radical (unpaired) electrons. The number of nitrogens with zero attached hydrogens (tertiary/aromatic N) is 1. The molecule has 2 fully saturated rings. The largest absolute Gasteiger partial charge is 0.481 e. The van der Waals surface area contributed by atoms with Gasteiger partial charge in [-0.2, -0.15) is 0 Å². The lowest BCUT2D eigenvalue weighted by atomic mass is 9.72. The van der Waals surface area contributed by atoms with E-state index in [1.807, 2.05) is 6.92 Å². The molecule has 1 saturated heterocycles. The van der Waals surface area contributed by atoms with Gasteiger partial charge in [0.2, 0.25) is 0 Å². The molecule has 0 aromatic carbocycles. The normalized spacial score (nSPS) is 36.8. The van der Waals surface area contributed by atoms with E-state index < -0.39 is 11.4 Å². The van der Waals surface area contributed by atoms with Crippen LogP contribution in [0.3, 0.4) is 0 Å². The third-order valence-corrected chi connectivity index (χ3v) is 5.42. The number of hydrogen-bond donors (Lipinski definition) is 1. The van der Waals surface area contributed by atoms with Crippen LogP contribution >= 0.6 is 0 Å². The van der Waals surface area contributed by atoms with Crippen LogP contribution in [0.4, 0.5) is 0 Å². The van der Waals surface area contributed by atoms with Crippen molar-refractivity contribution in [3.05, 3.63) is 0 Å². The monoisotopic (exact) mass is 239 g/mol. The lowest BCUT2D eigenvalue weighted by Crippen LogP contribution is -2.62. The fourth-order valence-corrected chi connectivity index (χ4v) is 3.72. The van der Waals surface area contributed by atoms with Crippen molar-refractivity contribution in [3.63, 3.8) is 0 Å². The van der Waals surface area contributed by atoms with Gasteiger partial charge in [-0.1, -0.05) is 20.3 Å². The van der Waals surface area contributed by atoms with Crippen LogP contribution in [0.2, 0.25) is 0 Å². The van der Waals surface area contributed by atoms with Crippen LogP contribution < -0.4 is 0 Å². The molecule has 1 aliphatic heterocycles. The predicted molar refractivity (Wildman–Crippen MR) is 68.0 cm³/mol. The number of aliphatic carboxylic acids is 1. The Balaban J connectivity index is 2.04. The SMILES string of the molecule is CCC1(CC)CN(C2CCCC2(C)C(=O)O)C1. The zero-order chi connectivity index (χ0) is 12.7. The van der Waals surface area contributed by atoms with Crippen molar-refractivity contribution < 1.29 is 9.90 Å². The fourth-order valence-electron chi connectivity index (χ4n) is 3.72. The summed E-state index contributed by atoms with van der Waals surface area (Å²) in [5.74, 6) is -0.606. The topological polar surface area (TPSA) is 40.5 Å². The standard InChI is InChI=1S/C14H25NO2/c1-4-14(5-2)9-15(10-14)11-7-6-8-13(11,3)12(16)17/h11H,4-10H2,1-3H3,(H,16,17). The van der Waals surface area contributed by atoms with Crippen LogP contribution in [0.15, 0.2) is 0 Å². The van der Waals surface area contributed by atoms with Gasteiger partial charge >= 0.3 is 5.97 Å². The maximum absolute atomic E-state index is 11.5. The first-order valence-corrected chi connectivity index (χ1v) is 6.95. The number of likely N-dealkylation sites (tertiary alicyclic amines) is 1. The van der Waals surface area contributed by atoms with Crippen LogP contribution in [0.25, 0.3) is 0 Å². The van der Waals surface area contributed by atoms with E-state index in [9.17, 15) is 9.90 Å². The summed E-state index contributed by atoms with van der Waals surface area (Å²) in [7, 11) is 0. The second-order valence-corrected chi connectivity index (χ2v) is 6.24. The minimum absolute atomic E-state index is 0.270. The molecule has 0 amide bonds. The molecule has 98 valence electrons. The summed E-state index contributed by atoms with van der Waals surface area (Å²) in [6.45, 7) is 8.66.